The van der Waals surface area contributed by atoms with Gasteiger partial charge in [0.05, 0.1) is 10.8 Å². The molecule has 1 aromatic rings. The number of hydrogen-bond donors (Lipinski definition) is 1. The van der Waals surface area contributed by atoms with E-state index in [1.54, 1.807) is 0 Å². The predicted molar refractivity (Wildman–Crippen MR) is 72.5 cm³/mol. The van der Waals surface area contributed by atoms with Crippen molar-refractivity contribution in [2.45, 2.75) is 12.6 Å². The number of alkyl halides is 3. The molecule has 2 amide bonds. The van der Waals surface area contributed by atoms with E-state index in [4.69, 9.17) is 0 Å². The van der Waals surface area contributed by atoms with E-state index >= 15 is 0 Å². The fraction of sp³-hybridized carbons (Fsp3) is 0.385. The number of carbonyl (C=O) groups excluding carboxylic acids is 2. The van der Waals surface area contributed by atoms with E-state index in [2.05, 4.69) is 5.32 Å². The SMILES string of the molecule is O=C(Nc1ccc([N+](=O)[O-])cc1)C1CC(=O)N(CC(F)(F)F)C1. The van der Waals surface area contributed by atoms with E-state index in [1.165, 1.54) is 24.3 Å². The summed E-state index contributed by atoms with van der Waals surface area (Å²) < 4.78 is 36.9. The van der Waals surface area contributed by atoms with Crippen molar-refractivity contribution in [3.8, 4) is 0 Å². The predicted octanol–water partition coefficient (Wildman–Crippen LogP) is 1.94. The monoisotopic (exact) mass is 331 g/mol. The van der Waals surface area contributed by atoms with E-state index < -0.39 is 35.4 Å². The van der Waals surface area contributed by atoms with E-state index in [-0.39, 0.29) is 24.3 Å². The number of nitro groups is 1. The Labute approximate surface area is 128 Å². The minimum absolute atomic E-state index is 0.157. The van der Waals surface area contributed by atoms with Gasteiger partial charge < -0.3 is 10.2 Å². The molecule has 23 heavy (non-hydrogen) atoms. The average Bonchev–Trinajstić information content (AvgIpc) is 2.79. The maximum Gasteiger partial charge on any atom is 0.406 e. The summed E-state index contributed by atoms with van der Waals surface area (Å²) in [6.45, 7) is -1.69. The molecule has 1 unspecified atom stereocenters. The number of likely N-dealkylation sites (tertiary alicyclic amines) is 1. The average molecular weight is 331 g/mol. The smallest absolute Gasteiger partial charge is 0.333 e. The van der Waals surface area contributed by atoms with Crippen LogP contribution in [0.3, 0.4) is 0 Å². The number of hydrogen-bond acceptors (Lipinski definition) is 4. The lowest BCUT2D eigenvalue weighted by molar-refractivity contribution is -0.384. The number of carbonyl (C=O) groups is 2. The highest BCUT2D eigenvalue weighted by Crippen LogP contribution is 2.25. The highest BCUT2D eigenvalue weighted by molar-refractivity contribution is 5.97. The van der Waals surface area contributed by atoms with Crippen molar-refractivity contribution >= 4 is 23.2 Å². The third-order valence-electron chi connectivity index (χ3n) is 3.30. The zero-order valence-corrected chi connectivity index (χ0v) is 11.7. The molecule has 124 valence electrons. The zero-order chi connectivity index (χ0) is 17.2. The molecular weight excluding hydrogens is 319 g/mol. The van der Waals surface area contributed by atoms with Gasteiger partial charge in [0.25, 0.3) is 5.69 Å². The Bertz CT molecular complexity index is 630. The Kier molecular flexibility index (Phi) is 4.52. The van der Waals surface area contributed by atoms with Crippen LogP contribution in [0.5, 0.6) is 0 Å². The number of rotatable bonds is 4. The molecule has 0 aliphatic carbocycles. The molecule has 10 heteroatoms. The van der Waals surface area contributed by atoms with Crippen LogP contribution in [-0.4, -0.2) is 40.9 Å². The number of halogens is 3. The number of benzene rings is 1. The largest absolute Gasteiger partial charge is 0.406 e. The second kappa shape index (κ2) is 6.23. The molecule has 0 spiro atoms. The molecule has 1 fully saturated rings. The highest BCUT2D eigenvalue weighted by Gasteiger charge is 2.40. The van der Waals surface area contributed by atoms with Crippen LogP contribution in [0.2, 0.25) is 0 Å². The Hall–Kier alpha value is -2.65. The summed E-state index contributed by atoms with van der Waals surface area (Å²) in [7, 11) is 0. The quantitative estimate of drug-likeness (QED) is 0.674. The topological polar surface area (TPSA) is 92.5 Å². The molecule has 1 heterocycles. The van der Waals surface area contributed by atoms with Crippen molar-refractivity contribution < 1.29 is 27.7 Å². The van der Waals surface area contributed by atoms with Crippen LogP contribution in [0.1, 0.15) is 6.42 Å². The zero-order valence-electron chi connectivity index (χ0n) is 11.7. The molecule has 0 radical (unpaired) electrons. The van der Waals surface area contributed by atoms with Gasteiger partial charge in [-0.2, -0.15) is 13.2 Å². The summed E-state index contributed by atoms with van der Waals surface area (Å²) in [5.41, 5.74) is 0.109. The van der Waals surface area contributed by atoms with Crippen molar-refractivity contribution in [3.05, 3.63) is 34.4 Å². The fourth-order valence-electron chi connectivity index (χ4n) is 2.23. The summed E-state index contributed by atoms with van der Waals surface area (Å²) >= 11 is 0. The molecule has 0 aromatic heterocycles. The summed E-state index contributed by atoms with van der Waals surface area (Å²) in [4.78, 5) is 34.0. The molecule has 0 saturated carbocycles. The summed E-state index contributed by atoms with van der Waals surface area (Å²) in [6.07, 6.45) is -4.81. The fourth-order valence-corrected chi connectivity index (χ4v) is 2.23. The maximum absolute atomic E-state index is 12.3. The van der Waals surface area contributed by atoms with Gasteiger partial charge in [-0.1, -0.05) is 0 Å². The summed E-state index contributed by atoms with van der Waals surface area (Å²) in [5, 5.41) is 12.9. The summed E-state index contributed by atoms with van der Waals surface area (Å²) in [5.74, 6) is -2.22. The first-order chi connectivity index (χ1) is 10.7. The van der Waals surface area contributed by atoms with Crippen LogP contribution < -0.4 is 5.32 Å². The van der Waals surface area contributed by atoms with Crippen LogP contribution in [0.4, 0.5) is 24.5 Å². The van der Waals surface area contributed by atoms with Crippen LogP contribution in [0, 0.1) is 16.0 Å². The van der Waals surface area contributed by atoms with Gasteiger partial charge in [0, 0.05) is 30.8 Å². The first-order valence-electron chi connectivity index (χ1n) is 6.55. The van der Waals surface area contributed by atoms with Crippen LogP contribution in [0.25, 0.3) is 0 Å². The number of nitrogens with zero attached hydrogens (tertiary/aromatic N) is 2. The van der Waals surface area contributed by atoms with E-state index in [9.17, 15) is 32.9 Å². The first kappa shape index (κ1) is 16.7. The molecule has 1 aliphatic rings. The van der Waals surface area contributed by atoms with Crippen molar-refractivity contribution in [1.82, 2.24) is 4.90 Å². The van der Waals surface area contributed by atoms with Crippen molar-refractivity contribution in [1.29, 1.82) is 0 Å². The minimum Gasteiger partial charge on any atom is -0.333 e. The van der Waals surface area contributed by atoms with Crippen LogP contribution in [0.15, 0.2) is 24.3 Å². The lowest BCUT2D eigenvalue weighted by Gasteiger charge is -2.18. The third-order valence-corrected chi connectivity index (χ3v) is 3.30. The van der Waals surface area contributed by atoms with Gasteiger partial charge in [-0.15, -0.1) is 0 Å². The van der Waals surface area contributed by atoms with Crippen molar-refractivity contribution in [3.63, 3.8) is 0 Å². The van der Waals surface area contributed by atoms with Gasteiger partial charge in [-0.05, 0) is 12.1 Å². The van der Waals surface area contributed by atoms with Gasteiger partial charge in [0.1, 0.15) is 6.54 Å². The van der Waals surface area contributed by atoms with Crippen LogP contribution in [-0.2, 0) is 9.59 Å². The van der Waals surface area contributed by atoms with Crippen LogP contribution >= 0.6 is 0 Å². The molecule has 2 rings (SSSR count). The standard InChI is InChI=1S/C13H12F3N3O4/c14-13(15,16)7-18-6-8(5-11(18)20)12(21)17-9-1-3-10(4-2-9)19(22)23/h1-4,8H,5-7H2,(H,17,21). The first-order valence-corrected chi connectivity index (χ1v) is 6.55. The molecule has 1 aliphatic heterocycles. The Morgan fingerprint density at radius 3 is 2.48 bits per heavy atom. The number of nitro benzene ring substituents is 1. The summed E-state index contributed by atoms with van der Waals surface area (Å²) in [6, 6.07) is 4.98. The van der Waals surface area contributed by atoms with E-state index in [1.807, 2.05) is 0 Å². The van der Waals surface area contributed by atoms with Crippen molar-refractivity contribution in [2.75, 3.05) is 18.4 Å². The normalized spacial score (nSPS) is 18.1. The lowest BCUT2D eigenvalue weighted by Crippen LogP contribution is -2.36. The third kappa shape index (κ3) is 4.41. The number of non-ortho nitro benzene ring substituents is 1. The highest BCUT2D eigenvalue weighted by atomic mass is 19.4. The number of anilines is 1. The lowest BCUT2D eigenvalue weighted by atomic mass is 10.1. The van der Waals surface area contributed by atoms with E-state index in [0.29, 0.717) is 4.90 Å². The van der Waals surface area contributed by atoms with Gasteiger partial charge >= 0.3 is 6.18 Å². The molecule has 1 N–H and O–H groups in total. The van der Waals surface area contributed by atoms with Gasteiger partial charge in [0.15, 0.2) is 0 Å². The molecule has 7 nitrogen and oxygen atoms in total. The Balaban J connectivity index is 1.96. The molecule has 1 atom stereocenters. The maximum atomic E-state index is 12.3. The van der Waals surface area contributed by atoms with E-state index in [0.717, 1.165) is 0 Å². The molecule has 0 bridgehead atoms. The second-order valence-electron chi connectivity index (χ2n) is 5.08. The molecular formula is C13H12F3N3O4. The molecule has 1 saturated heterocycles. The Morgan fingerprint density at radius 1 is 1.35 bits per heavy atom. The van der Waals surface area contributed by atoms with Gasteiger partial charge in [-0.25, -0.2) is 0 Å². The van der Waals surface area contributed by atoms with Crippen molar-refractivity contribution in [2.24, 2.45) is 5.92 Å². The van der Waals surface area contributed by atoms with Gasteiger partial charge in [-0.3, -0.25) is 19.7 Å². The van der Waals surface area contributed by atoms with Gasteiger partial charge in [0.2, 0.25) is 11.8 Å². The number of amides is 2. The molecule has 1 aromatic carbocycles. The Morgan fingerprint density at radius 2 is 1.96 bits per heavy atom. The number of nitrogens with one attached hydrogen (secondary N) is 1. The minimum atomic E-state index is -4.51. The second-order valence-corrected chi connectivity index (χ2v) is 5.08.